The number of aromatic hydroxyl groups is 1. The lowest BCUT2D eigenvalue weighted by atomic mass is 10.0. The van der Waals surface area contributed by atoms with Crippen molar-refractivity contribution < 1.29 is 18.3 Å². The van der Waals surface area contributed by atoms with E-state index >= 15 is 0 Å². The maximum atomic E-state index is 13.4. The number of phenolic OH excluding ortho intramolecular Hbond substituents is 1. The molecule has 0 aliphatic heterocycles. The quantitative estimate of drug-likeness (QED) is 0.283. The van der Waals surface area contributed by atoms with Crippen LogP contribution in [0.5, 0.6) is 5.75 Å². The number of hydrogen-bond acceptors (Lipinski definition) is 5. The molecule has 4 rings (SSSR count). The zero-order valence-corrected chi connectivity index (χ0v) is 19.9. The number of nitrogens with zero attached hydrogens (tertiary/aromatic N) is 2. The van der Waals surface area contributed by atoms with Crippen LogP contribution in [0.3, 0.4) is 0 Å². The molecule has 0 saturated heterocycles. The molecule has 4 aromatic carbocycles. The first-order valence-corrected chi connectivity index (χ1v) is 12.5. The Morgan fingerprint density at radius 2 is 1.63 bits per heavy atom. The fourth-order valence-electron chi connectivity index (χ4n) is 3.69. The summed E-state index contributed by atoms with van der Waals surface area (Å²) < 4.78 is 27.8. The van der Waals surface area contributed by atoms with Crippen LogP contribution in [0.1, 0.15) is 18.1 Å². The predicted octanol–water partition coefficient (Wildman–Crippen LogP) is 4.45. The first-order valence-electron chi connectivity index (χ1n) is 11.1. The number of rotatable bonds is 8. The third kappa shape index (κ3) is 5.33. The molecule has 0 saturated carbocycles. The van der Waals surface area contributed by atoms with Gasteiger partial charge in [0.25, 0.3) is 15.9 Å². The van der Waals surface area contributed by atoms with Crippen LogP contribution in [0.4, 0.5) is 5.69 Å². The lowest BCUT2D eigenvalue weighted by molar-refractivity contribution is -0.119. The van der Waals surface area contributed by atoms with Gasteiger partial charge in [-0.1, -0.05) is 67.6 Å². The molecule has 0 unspecified atom stereocenters. The van der Waals surface area contributed by atoms with E-state index in [2.05, 4.69) is 10.5 Å². The summed E-state index contributed by atoms with van der Waals surface area (Å²) in [4.78, 5) is 12.9. The number of hydrazone groups is 1. The molecule has 0 bridgehead atoms. The number of carbonyl (C=O) groups is 1. The molecule has 0 heterocycles. The maximum Gasteiger partial charge on any atom is 0.264 e. The minimum atomic E-state index is -4.00. The second-order valence-electron chi connectivity index (χ2n) is 7.86. The van der Waals surface area contributed by atoms with Crippen LogP contribution in [-0.2, 0) is 21.2 Å². The Morgan fingerprint density at radius 3 is 2.34 bits per heavy atom. The standard InChI is InChI=1S/C27H25N3O4S/c1-2-20-12-15-22(16-13-20)30(35(33,34)23-9-4-3-5-10-23)19-27(32)29-28-18-25-24-11-7-6-8-21(24)14-17-26(25)31/h3-18,31H,2,19H2,1H3,(H,29,32)/b28-18-. The van der Waals surface area contributed by atoms with Crippen molar-refractivity contribution in [2.75, 3.05) is 10.8 Å². The highest BCUT2D eigenvalue weighted by Gasteiger charge is 2.27. The number of hydrogen-bond donors (Lipinski definition) is 2. The van der Waals surface area contributed by atoms with Gasteiger partial charge in [-0.2, -0.15) is 5.10 Å². The molecule has 0 aliphatic rings. The molecule has 2 N–H and O–H groups in total. The van der Waals surface area contributed by atoms with Gasteiger partial charge in [-0.3, -0.25) is 9.10 Å². The van der Waals surface area contributed by atoms with Gasteiger partial charge in [-0.15, -0.1) is 0 Å². The number of fused-ring (bicyclic) bond motifs is 1. The van der Waals surface area contributed by atoms with Crippen molar-refractivity contribution >= 4 is 38.6 Å². The predicted molar refractivity (Wildman–Crippen MR) is 138 cm³/mol. The zero-order valence-electron chi connectivity index (χ0n) is 19.1. The number of carbonyl (C=O) groups excluding carboxylic acids is 1. The average molecular weight is 488 g/mol. The zero-order chi connectivity index (χ0) is 24.8. The molecule has 35 heavy (non-hydrogen) atoms. The van der Waals surface area contributed by atoms with E-state index in [1.54, 1.807) is 42.5 Å². The Morgan fingerprint density at radius 1 is 0.943 bits per heavy atom. The molecule has 178 valence electrons. The van der Waals surface area contributed by atoms with Gasteiger partial charge in [0.2, 0.25) is 0 Å². The van der Waals surface area contributed by atoms with E-state index in [0.29, 0.717) is 11.3 Å². The third-order valence-electron chi connectivity index (χ3n) is 5.58. The Labute approximate surface area is 204 Å². The van der Waals surface area contributed by atoms with Crippen molar-refractivity contribution in [3.05, 3.63) is 102 Å². The smallest absolute Gasteiger partial charge is 0.264 e. The summed E-state index contributed by atoms with van der Waals surface area (Å²) in [5, 5.41) is 15.9. The van der Waals surface area contributed by atoms with Gasteiger partial charge in [0.1, 0.15) is 12.3 Å². The van der Waals surface area contributed by atoms with Crippen LogP contribution < -0.4 is 9.73 Å². The molecule has 0 aliphatic carbocycles. The fourth-order valence-corrected chi connectivity index (χ4v) is 5.13. The van der Waals surface area contributed by atoms with Gasteiger partial charge < -0.3 is 5.11 Å². The summed E-state index contributed by atoms with van der Waals surface area (Å²) in [6.07, 6.45) is 2.16. The molecule has 1 amide bonds. The second kappa shape index (κ2) is 10.4. The Hall–Kier alpha value is -4.17. The van der Waals surface area contributed by atoms with Gasteiger partial charge >= 0.3 is 0 Å². The maximum absolute atomic E-state index is 13.4. The number of benzene rings is 4. The first-order chi connectivity index (χ1) is 16.9. The molecule has 0 atom stereocenters. The monoisotopic (exact) mass is 487 g/mol. The molecule has 8 heteroatoms. The van der Waals surface area contributed by atoms with Crippen molar-refractivity contribution in [3.8, 4) is 5.75 Å². The van der Waals surface area contributed by atoms with Gasteiger partial charge in [-0.25, -0.2) is 13.8 Å². The number of nitrogens with one attached hydrogen (secondary N) is 1. The van der Waals surface area contributed by atoms with E-state index in [9.17, 15) is 18.3 Å². The fraction of sp³-hybridized carbons (Fsp3) is 0.111. The lowest BCUT2D eigenvalue weighted by Crippen LogP contribution is -2.39. The molecular weight excluding hydrogens is 462 g/mol. The lowest BCUT2D eigenvalue weighted by Gasteiger charge is -2.24. The van der Waals surface area contributed by atoms with E-state index in [-0.39, 0.29) is 10.6 Å². The van der Waals surface area contributed by atoms with E-state index in [1.165, 1.54) is 18.3 Å². The molecule has 0 spiro atoms. The molecule has 4 aromatic rings. The number of amides is 1. The van der Waals surface area contributed by atoms with Crippen LogP contribution in [0, 0.1) is 0 Å². The van der Waals surface area contributed by atoms with E-state index in [0.717, 1.165) is 27.1 Å². The van der Waals surface area contributed by atoms with Crippen LogP contribution in [-0.4, -0.2) is 32.2 Å². The Balaban J connectivity index is 1.59. The number of phenols is 1. The minimum absolute atomic E-state index is 0.0194. The number of sulfonamides is 1. The van der Waals surface area contributed by atoms with Crippen molar-refractivity contribution in [2.24, 2.45) is 5.10 Å². The van der Waals surface area contributed by atoms with Crippen molar-refractivity contribution in [3.63, 3.8) is 0 Å². The number of aryl methyl sites for hydroxylation is 1. The molecule has 0 aromatic heterocycles. The third-order valence-corrected chi connectivity index (χ3v) is 7.37. The highest BCUT2D eigenvalue weighted by Crippen LogP contribution is 2.26. The van der Waals surface area contributed by atoms with Gasteiger partial charge in [0.05, 0.1) is 16.8 Å². The summed E-state index contributed by atoms with van der Waals surface area (Å²) in [5.74, 6) is -0.606. The Kier molecular flexibility index (Phi) is 7.12. The van der Waals surface area contributed by atoms with Gasteiger partial charge in [0, 0.05) is 5.56 Å². The molecule has 7 nitrogen and oxygen atoms in total. The summed E-state index contributed by atoms with van der Waals surface area (Å²) >= 11 is 0. The molecular formula is C27H25N3O4S. The normalized spacial score (nSPS) is 11.6. The van der Waals surface area contributed by atoms with Crippen molar-refractivity contribution in [1.82, 2.24) is 5.43 Å². The topological polar surface area (TPSA) is 99.1 Å². The van der Waals surface area contributed by atoms with Crippen molar-refractivity contribution in [1.29, 1.82) is 0 Å². The summed E-state index contributed by atoms with van der Waals surface area (Å²) in [6.45, 7) is 1.54. The van der Waals surface area contributed by atoms with Gasteiger partial charge in [-0.05, 0) is 53.1 Å². The summed E-state index contributed by atoms with van der Waals surface area (Å²) in [6, 6.07) is 25.8. The molecule has 0 radical (unpaired) electrons. The highest BCUT2D eigenvalue weighted by molar-refractivity contribution is 7.92. The van der Waals surface area contributed by atoms with Crippen LogP contribution in [0.25, 0.3) is 10.8 Å². The molecule has 0 fully saturated rings. The average Bonchev–Trinajstić information content (AvgIpc) is 2.89. The highest BCUT2D eigenvalue weighted by atomic mass is 32.2. The Bertz CT molecular complexity index is 1470. The number of anilines is 1. The summed E-state index contributed by atoms with van der Waals surface area (Å²) in [7, 11) is -4.00. The second-order valence-corrected chi connectivity index (χ2v) is 9.72. The summed E-state index contributed by atoms with van der Waals surface area (Å²) in [5.41, 5.74) is 4.26. The van der Waals surface area contributed by atoms with Gasteiger partial charge in [0.15, 0.2) is 0 Å². The largest absolute Gasteiger partial charge is 0.507 e. The van der Waals surface area contributed by atoms with Crippen LogP contribution in [0.2, 0.25) is 0 Å². The van der Waals surface area contributed by atoms with E-state index < -0.39 is 22.5 Å². The first kappa shape index (κ1) is 24.0. The van der Waals surface area contributed by atoms with Crippen molar-refractivity contribution in [2.45, 2.75) is 18.2 Å². The minimum Gasteiger partial charge on any atom is -0.507 e. The van der Waals surface area contributed by atoms with E-state index in [4.69, 9.17) is 0 Å². The SMILES string of the molecule is CCc1ccc(N(CC(=O)N/N=C\c2c(O)ccc3ccccc23)S(=O)(=O)c2ccccc2)cc1. The van der Waals surface area contributed by atoms with E-state index in [1.807, 2.05) is 43.3 Å². The van der Waals surface area contributed by atoms with Crippen LogP contribution >= 0.6 is 0 Å². The van der Waals surface area contributed by atoms with Crippen LogP contribution in [0.15, 0.2) is 101 Å².